The first-order chi connectivity index (χ1) is 15.2. The van der Waals surface area contributed by atoms with Crippen LogP contribution in [0.1, 0.15) is 134 Å². The third kappa shape index (κ3) is 6.61. The minimum Gasteiger partial charge on any atom is -0.0654 e. The molecule has 0 heteroatoms. The van der Waals surface area contributed by atoms with Crippen molar-refractivity contribution in [1.82, 2.24) is 0 Å². The SMILES string of the molecule is CCC[C@H]1CC[C@H]([C@H]2CC[C@H](CCc3ccc([C@H]4CC[C@H](CC)CC4)cc3)CC2)CC1. The Bertz CT molecular complexity index is 604. The monoisotopic (exact) mass is 422 g/mol. The van der Waals surface area contributed by atoms with E-state index in [0.29, 0.717) is 0 Å². The molecule has 0 radical (unpaired) electrons. The second-order valence-corrected chi connectivity index (χ2v) is 11.8. The largest absolute Gasteiger partial charge is 0.0654 e. The highest BCUT2D eigenvalue weighted by atomic mass is 14.4. The second-order valence-electron chi connectivity index (χ2n) is 11.8. The topological polar surface area (TPSA) is 0 Å². The van der Waals surface area contributed by atoms with Crippen molar-refractivity contribution in [1.29, 1.82) is 0 Å². The Kier molecular flexibility index (Phi) is 8.98. The standard InChI is InChI=1S/C31H50/c1-3-5-25-10-18-29(19-11-25)31-22-14-27(15-23-31)7-6-26-12-20-30(21-13-26)28-16-8-24(4-2)9-17-28/h12-13,20-21,24-25,27-29,31H,3-11,14-19,22-23H2,1-2H3/t24-,25-,27-,28-,29-,31-. The fraction of sp³-hybridized carbons (Fsp3) is 0.806. The summed E-state index contributed by atoms with van der Waals surface area (Å²) in [5, 5.41) is 0. The van der Waals surface area contributed by atoms with E-state index in [9.17, 15) is 0 Å². The van der Waals surface area contributed by atoms with E-state index in [4.69, 9.17) is 0 Å². The number of benzene rings is 1. The molecule has 3 fully saturated rings. The fourth-order valence-electron chi connectivity index (χ4n) is 7.54. The van der Waals surface area contributed by atoms with Crippen molar-refractivity contribution in [3.05, 3.63) is 35.4 Å². The van der Waals surface area contributed by atoms with Crippen LogP contribution in [0.25, 0.3) is 0 Å². The van der Waals surface area contributed by atoms with Crippen molar-refractivity contribution in [2.24, 2.45) is 29.6 Å². The summed E-state index contributed by atoms with van der Waals surface area (Å²) in [6, 6.07) is 9.86. The normalized spacial score (nSPS) is 34.5. The minimum absolute atomic E-state index is 0.837. The van der Waals surface area contributed by atoms with E-state index in [2.05, 4.69) is 38.1 Å². The summed E-state index contributed by atoms with van der Waals surface area (Å²) in [6.45, 7) is 4.73. The predicted octanol–water partition coefficient (Wildman–Crippen LogP) is 9.72. The highest BCUT2D eigenvalue weighted by Crippen LogP contribution is 2.43. The molecule has 0 spiro atoms. The van der Waals surface area contributed by atoms with Gasteiger partial charge in [0, 0.05) is 0 Å². The molecule has 0 N–H and O–H groups in total. The molecule has 3 aliphatic rings. The molecule has 1 aromatic carbocycles. The third-order valence-electron chi connectivity index (χ3n) is 9.86. The average molecular weight is 423 g/mol. The van der Waals surface area contributed by atoms with Gasteiger partial charge >= 0.3 is 0 Å². The van der Waals surface area contributed by atoms with Gasteiger partial charge in [-0.3, -0.25) is 0 Å². The lowest BCUT2D eigenvalue weighted by Crippen LogP contribution is -2.26. The van der Waals surface area contributed by atoms with Gasteiger partial charge < -0.3 is 0 Å². The van der Waals surface area contributed by atoms with Crippen molar-refractivity contribution in [3.8, 4) is 0 Å². The molecule has 0 aliphatic heterocycles. The first kappa shape index (κ1) is 23.4. The third-order valence-corrected chi connectivity index (χ3v) is 9.86. The van der Waals surface area contributed by atoms with Crippen LogP contribution in [0.2, 0.25) is 0 Å². The van der Waals surface area contributed by atoms with Crippen molar-refractivity contribution in [2.75, 3.05) is 0 Å². The summed E-state index contributed by atoms with van der Waals surface area (Å²) < 4.78 is 0. The molecular formula is C31H50. The Morgan fingerprint density at radius 1 is 0.581 bits per heavy atom. The highest BCUT2D eigenvalue weighted by molar-refractivity contribution is 5.26. The first-order valence-corrected chi connectivity index (χ1v) is 14.3. The summed E-state index contributed by atoms with van der Waals surface area (Å²) in [5.74, 6) is 6.05. The summed E-state index contributed by atoms with van der Waals surface area (Å²) in [5.41, 5.74) is 3.20. The Hall–Kier alpha value is -0.780. The predicted molar refractivity (Wildman–Crippen MR) is 136 cm³/mol. The van der Waals surface area contributed by atoms with Gasteiger partial charge in [-0.1, -0.05) is 83.1 Å². The molecule has 31 heavy (non-hydrogen) atoms. The molecule has 0 nitrogen and oxygen atoms in total. The molecule has 1 aromatic rings. The molecule has 4 rings (SSSR count). The maximum absolute atomic E-state index is 2.47. The summed E-state index contributed by atoms with van der Waals surface area (Å²) >= 11 is 0. The van der Waals surface area contributed by atoms with Crippen molar-refractivity contribution < 1.29 is 0 Å². The Balaban J connectivity index is 1.15. The maximum atomic E-state index is 2.47. The van der Waals surface area contributed by atoms with E-state index in [-0.39, 0.29) is 0 Å². The molecule has 0 bridgehead atoms. The van der Waals surface area contributed by atoms with Gasteiger partial charge in [0.1, 0.15) is 0 Å². The van der Waals surface area contributed by atoms with Crippen LogP contribution in [0.3, 0.4) is 0 Å². The van der Waals surface area contributed by atoms with Crippen molar-refractivity contribution >= 4 is 0 Å². The second kappa shape index (κ2) is 11.9. The number of aryl methyl sites for hydroxylation is 1. The van der Waals surface area contributed by atoms with Crippen LogP contribution in [0.5, 0.6) is 0 Å². The van der Waals surface area contributed by atoms with Crippen LogP contribution in [0, 0.1) is 29.6 Å². The van der Waals surface area contributed by atoms with Crippen molar-refractivity contribution in [3.63, 3.8) is 0 Å². The van der Waals surface area contributed by atoms with E-state index in [1.54, 1.807) is 24.0 Å². The molecule has 0 saturated heterocycles. The lowest BCUT2D eigenvalue weighted by atomic mass is 9.68. The lowest BCUT2D eigenvalue weighted by Gasteiger charge is -2.38. The van der Waals surface area contributed by atoms with E-state index in [1.165, 1.54) is 96.3 Å². The van der Waals surface area contributed by atoms with Gasteiger partial charge in [-0.2, -0.15) is 0 Å². The number of hydrogen-bond donors (Lipinski definition) is 0. The molecule has 0 amide bonds. The minimum atomic E-state index is 0.837. The first-order valence-electron chi connectivity index (χ1n) is 14.3. The maximum Gasteiger partial charge on any atom is -0.0162 e. The number of hydrogen-bond acceptors (Lipinski definition) is 0. The van der Waals surface area contributed by atoms with Crippen LogP contribution < -0.4 is 0 Å². The quantitative estimate of drug-likeness (QED) is 0.391. The van der Waals surface area contributed by atoms with Gasteiger partial charge in [-0.25, -0.2) is 0 Å². The molecule has 0 unspecified atom stereocenters. The molecule has 0 atom stereocenters. The van der Waals surface area contributed by atoms with Crippen LogP contribution in [0.4, 0.5) is 0 Å². The molecule has 174 valence electrons. The van der Waals surface area contributed by atoms with Gasteiger partial charge in [0.25, 0.3) is 0 Å². The van der Waals surface area contributed by atoms with Crippen molar-refractivity contribution in [2.45, 2.75) is 129 Å². The van der Waals surface area contributed by atoms with E-state index in [1.807, 2.05) is 0 Å². The zero-order chi connectivity index (χ0) is 21.5. The zero-order valence-corrected chi connectivity index (χ0v) is 20.8. The number of rotatable bonds is 8. The van der Waals surface area contributed by atoms with E-state index in [0.717, 1.165) is 35.5 Å². The van der Waals surface area contributed by atoms with Gasteiger partial charge in [0.05, 0.1) is 0 Å². The van der Waals surface area contributed by atoms with E-state index < -0.39 is 0 Å². The van der Waals surface area contributed by atoms with Gasteiger partial charge in [-0.15, -0.1) is 0 Å². The van der Waals surface area contributed by atoms with Gasteiger partial charge in [-0.05, 0) is 111 Å². The summed E-state index contributed by atoms with van der Waals surface area (Å²) in [7, 11) is 0. The summed E-state index contributed by atoms with van der Waals surface area (Å²) in [6.07, 6.45) is 25.0. The van der Waals surface area contributed by atoms with Crippen LogP contribution in [-0.4, -0.2) is 0 Å². The Morgan fingerprint density at radius 3 is 1.61 bits per heavy atom. The Morgan fingerprint density at radius 2 is 1.10 bits per heavy atom. The molecule has 3 aliphatic carbocycles. The molecule has 0 aromatic heterocycles. The summed E-state index contributed by atoms with van der Waals surface area (Å²) in [4.78, 5) is 0. The molecule has 3 saturated carbocycles. The Labute approximate surface area is 194 Å². The van der Waals surface area contributed by atoms with Crippen LogP contribution in [0.15, 0.2) is 24.3 Å². The molecular weight excluding hydrogens is 372 g/mol. The van der Waals surface area contributed by atoms with Gasteiger partial charge in [0.2, 0.25) is 0 Å². The van der Waals surface area contributed by atoms with Gasteiger partial charge in [0.15, 0.2) is 0 Å². The van der Waals surface area contributed by atoms with Crippen LogP contribution in [-0.2, 0) is 6.42 Å². The van der Waals surface area contributed by atoms with Crippen LogP contribution >= 0.6 is 0 Å². The highest BCUT2D eigenvalue weighted by Gasteiger charge is 2.30. The zero-order valence-electron chi connectivity index (χ0n) is 20.8. The molecule has 0 heterocycles. The van der Waals surface area contributed by atoms with E-state index >= 15 is 0 Å². The lowest BCUT2D eigenvalue weighted by molar-refractivity contribution is 0.141. The smallest absolute Gasteiger partial charge is 0.0162 e. The fourth-order valence-corrected chi connectivity index (χ4v) is 7.54. The average Bonchev–Trinajstić information content (AvgIpc) is 2.84.